The number of anilines is 1. The van der Waals surface area contributed by atoms with Crippen molar-refractivity contribution in [2.75, 3.05) is 19.1 Å². The number of fused-ring (bicyclic) bond motifs is 5. The Balaban J connectivity index is 1.50. The van der Waals surface area contributed by atoms with Gasteiger partial charge in [-0.15, -0.1) is 0 Å². The van der Waals surface area contributed by atoms with Gasteiger partial charge in [0.15, 0.2) is 28.8 Å². The number of benzene rings is 4. The van der Waals surface area contributed by atoms with Crippen LogP contribution in [0.25, 0.3) is 6.08 Å². The minimum atomic E-state index is -1.65. The standard InChI is InChI=1S/C37H29NO7/c1-21(39)45-25-16-12-23(13-17-25)34(40)33-32(24-14-18-29(43-2)30(20-24)44-3)37(35(41)26-9-5-6-10-27(26)36(37)42)31-19-15-22-8-4-7-11-28(22)38(31)33/h4-20,31-33H,1-3H3/t31-,32+,33-/m1/s1. The Hall–Kier alpha value is -5.50. The minimum absolute atomic E-state index is 0.285. The number of hydrogen-bond acceptors (Lipinski definition) is 8. The van der Waals surface area contributed by atoms with Crippen LogP contribution in [0.4, 0.5) is 5.69 Å². The second-order valence-electron chi connectivity index (χ2n) is 11.4. The summed E-state index contributed by atoms with van der Waals surface area (Å²) in [5.41, 5.74) is 1.61. The lowest BCUT2D eigenvalue weighted by molar-refractivity contribution is -0.131. The highest BCUT2D eigenvalue weighted by atomic mass is 16.5. The van der Waals surface area contributed by atoms with Crippen LogP contribution in [0.15, 0.2) is 97.1 Å². The first-order valence-corrected chi connectivity index (χ1v) is 14.6. The Labute approximate surface area is 259 Å². The smallest absolute Gasteiger partial charge is 0.308 e. The van der Waals surface area contributed by atoms with Gasteiger partial charge in [-0.05, 0) is 53.6 Å². The fourth-order valence-corrected chi connectivity index (χ4v) is 7.36. The molecule has 1 fully saturated rings. The molecular formula is C37H29NO7. The van der Waals surface area contributed by atoms with Crippen molar-refractivity contribution >= 4 is 35.1 Å². The number of rotatable bonds is 6. The maximum absolute atomic E-state index is 14.9. The van der Waals surface area contributed by atoms with Crippen LogP contribution < -0.4 is 19.1 Å². The molecule has 0 bridgehead atoms. The summed E-state index contributed by atoms with van der Waals surface area (Å²) in [6, 6.07) is 24.4. The summed E-state index contributed by atoms with van der Waals surface area (Å²) in [5.74, 6) is -1.11. The number of Topliss-reactive ketones (excluding diaryl/α,β-unsaturated/α-hetero) is 3. The first-order chi connectivity index (χ1) is 21.8. The van der Waals surface area contributed by atoms with E-state index in [1.165, 1.54) is 21.1 Å². The van der Waals surface area contributed by atoms with Crippen LogP contribution in [-0.2, 0) is 4.79 Å². The van der Waals surface area contributed by atoms with E-state index in [0.717, 1.165) is 11.3 Å². The van der Waals surface area contributed by atoms with Crippen LogP contribution in [-0.4, -0.2) is 49.6 Å². The van der Waals surface area contributed by atoms with Crippen molar-refractivity contribution in [2.45, 2.75) is 24.9 Å². The lowest BCUT2D eigenvalue weighted by atomic mass is 9.64. The number of methoxy groups -OCH3 is 2. The highest BCUT2D eigenvalue weighted by Crippen LogP contribution is 2.61. The summed E-state index contributed by atoms with van der Waals surface area (Å²) >= 11 is 0. The second-order valence-corrected chi connectivity index (χ2v) is 11.4. The molecule has 8 nitrogen and oxygen atoms in total. The topological polar surface area (TPSA) is 99.2 Å². The van der Waals surface area contributed by atoms with Gasteiger partial charge in [-0.25, -0.2) is 0 Å². The van der Waals surface area contributed by atoms with E-state index in [4.69, 9.17) is 14.2 Å². The fourth-order valence-electron chi connectivity index (χ4n) is 7.36. The molecule has 4 aromatic rings. The molecule has 1 saturated heterocycles. The average molecular weight is 600 g/mol. The number of hydrogen-bond donors (Lipinski definition) is 0. The first-order valence-electron chi connectivity index (χ1n) is 14.6. The lowest BCUT2D eigenvalue weighted by Crippen LogP contribution is -2.48. The molecule has 0 radical (unpaired) electrons. The molecule has 0 aromatic heterocycles. The van der Waals surface area contributed by atoms with E-state index in [9.17, 15) is 19.2 Å². The summed E-state index contributed by atoms with van der Waals surface area (Å²) in [7, 11) is 3.05. The number of nitrogens with zero attached hydrogens (tertiary/aromatic N) is 1. The number of ether oxygens (including phenoxy) is 3. The molecule has 4 aromatic carbocycles. The number of para-hydroxylation sites is 1. The zero-order valence-electron chi connectivity index (χ0n) is 24.9. The van der Waals surface area contributed by atoms with E-state index in [2.05, 4.69) is 0 Å². The third kappa shape index (κ3) is 4.05. The molecule has 0 saturated carbocycles. The van der Waals surface area contributed by atoms with Gasteiger partial charge in [0.2, 0.25) is 0 Å². The number of ketones is 3. The van der Waals surface area contributed by atoms with Gasteiger partial charge >= 0.3 is 5.97 Å². The first kappa shape index (κ1) is 28.3. The van der Waals surface area contributed by atoms with Gasteiger partial charge in [0.25, 0.3) is 0 Å². The Morgan fingerprint density at radius 2 is 1.42 bits per heavy atom. The monoisotopic (exact) mass is 599 g/mol. The molecule has 45 heavy (non-hydrogen) atoms. The summed E-state index contributed by atoms with van der Waals surface area (Å²) in [5, 5.41) is 0. The molecule has 8 heteroatoms. The predicted molar refractivity (Wildman–Crippen MR) is 167 cm³/mol. The fraction of sp³-hybridized carbons (Fsp3) is 0.189. The molecule has 3 atom stereocenters. The molecule has 3 aliphatic rings. The Kier molecular flexibility index (Phi) is 6.66. The quantitative estimate of drug-likeness (QED) is 0.116. The predicted octanol–water partition coefficient (Wildman–Crippen LogP) is 5.95. The third-order valence-electron chi connectivity index (χ3n) is 9.15. The summed E-state index contributed by atoms with van der Waals surface area (Å²) < 4.78 is 16.4. The van der Waals surface area contributed by atoms with Crippen molar-refractivity contribution in [2.24, 2.45) is 5.41 Å². The normalized spacial score (nSPS) is 20.4. The lowest BCUT2D eigenvalue weighted by Gasteiger charge is -2.37. The SMILES string of the molecule is COc1ccc([C@H]2[C@H](C(=O)c3ccc(OC(C)=O)cc3)N3c4ccccc4C=C[C@@H]3C23C(=O)c2ccccc2C3=O)cc1OC. The van der Waals surface area contributed by atoms with Gasteiger partial charge in [-0.1, -0.05) is 60.7 Å². The van der Waals surface area contributed by atoms with Gasteiger partial charge in [-0.2, -0.15) is 0 Å². The third-order valence-corrected chi connectivity index (χ3v) is 9.15. The van der Waals surface area contributed by atoms with E-state index >= 15 is 0 Å². The van der Waals surface area contributed by atoms with E-state index in [1.807, 2.05) is 41.3 Å². The zero-order chi connectivity index (χ0) is 31.5. The van der Waals surface area contributed by atoms with Gasteiger partial charge in [0, 0.05) is 35.2 Å². The average Bonchev–Trinajstić information content (AvgIpc) is 3.50. The van der Waals surface area contributed by atoms with Crippen molar-refractivity contribution in [3.8, 4) is 17.2 Å². The Morgan fingerprint density at radius 1 is 0.778 bits per heavy atom. The highest BCUT2D eigenvalue weighted by molar-refractivity contribution is 6.32. The van der Waals surface area contributed by atoms with Crippen molar-refractivity contribution < 1.29 is 33.4 Å². The van der Waals surface area contributed by atoms with E-state index in [0.29, 0.717) is 39.5 Å². The van der Waals surface area contributed by atoms with E-state index < -0.39 is 29.4 Å². The molecule has 2 heterocycles. The maximum atomic E-state index is 14.9. The summed E-state index contributed by atoms with van der Waals surface area (Å²) in [6.07, 6.45) is 3.81. The molecule has 2 aliphatic heterocycles. The van der Waals surface area contributed by atoms with Crippen LogP contribution in [0.3, 0.4) is 0 Å². The van der Waals surface area contributed by atoms with Gasteiger partial charge in [0.05, 0.1) is 20.3 Å². The van der Waals surface area contributed by atoms with Gasteiger partial charge in [0.1, 0.15) is 17.2 Å². The number of carbonyl (C=O) groups is 4. The van der Waals surface area contributed by atoms with E-state index in [-0.39, 0.29) is 17.3 Å². The summed E-state index contributed by atoms with van der Waals surface area (Å²) in [6.45, 7) is 1.31. The molecular weight excluding hydrogens is 570 g/mol. The van der Waals surface area contributed by atoms with Crippen molar-refractivity contribution in [1.82, 2.24) is 0 Å². The molecule has 1 spiro atoms. The molecule has 224 valence electrons. The highest BCUT2D eigenvalue weighted by Gasteiger charge is 2.71. The van der Waals surface area contributed by atoms with Gasteiger partial charge < -0.3 is 19.1 Å². The van der Waals surface area contributed by atoms with Crippen molar-refractivity contribution in [1.29, 1.82) is 0 Å². The van der Waals surface area contributed by atoms with Crippen molar-refractivity contribution in [3.63, 3.8) is 0 Å². The van der Waals surface area contributed by atoms with Crippen molar-refractivity contribution in [3.05, 3.63) is 125 Å². The van der Waals surface area contributed by atoms with Crippen LogP contribution in [0.1, 0.15) is 55.0 Å². The van der Waals surface area contributed by atoms with Crippen LogP contribution >= 0.6 is 0 Å². The van der Waals surface area contributed by atoms with Crippen LogP contribution in [0.5, 0.6) is 17.2 Å². The molecule has 0 amide bonds. The molecule has 1 aliphatic carbocycles. The number of esters is 1. The number of carbonyl (C=O) groups excluding carboxylic acids is 4. The molecule has 0 unspecified atom stereocenters. The van der Waals surface area contributed by atoms with E-state index in [1.54, 1.807) is 66.7 Å². The molecule has 0 N–H and O–H groups in total. The maximum Gasteiger partial charge on any atom is 0.308 e. The van der Waals surface area contributed by atoms with Gasteiger partial charge in [-0.3, -0.25) is 19.2 Å². The zero-order valence-corrected chi connectivity index (χ0v) is 24.9. The Morgan fingerprint density at radius 3 is 2.07 bits per heavy atom. The second kappa shape index (κ2) is 10.6. The Bertz CT molecular complexity index is 1890. The largest absolute Gasteiger partial charge is 0.493 e. The molecule has 7 rings (SSSR count). The summed E-state index contributed by atoms with van der Waals surface area (Å²) in [4.78, 5) is 58.0. The van der Waals surface area contributed by atoms with Crippen LogP contribution in [0, 0.1) is 5.41 Å². The minimum Gasteiger partial charge on any atom is -0.493 e. The van der Waals surface area contributed by atoms with Crippen LogP contribution in [0.2, 0.25) is 0 Å².